The molecule has 1 N–H and O–H groups in total. The van der Waals surface area contributed by atoms with E-state index in [1.54, 1.807) is 37.3 Å². The average molecular weight is 550 g/mol. The van der Waals surface area contributed by atoms with Crippen molar-refractivity contribution in [2.24, 2.45) is 0 Å². The summed E-state index contributed by atoms with van der Waals surface area (Å²) in [6, 6.07) is 22.2. The molecule has 0 radical (unpaired) electrons. The Hall–Kier alpha value is -3.65. The van der Waals surface area contributed by atoms with E-state index < -0.39 is 34.1 Å². The maximum Gasteiger partial charge on any atom is 0.264 e. The van der Waals surface area contributed by atoms with Crippen LogP contribution in [0.2, 0.25) is 0 Å². The molecule has 0 heterocycles. The maximum absolute atomic E-state index is 14.0. The number of rotatable bonds is 10. The fourth-order valence-corrected chi connectivity index (χ4v) is 5.82. The SMILES string of the molecule is CCc1ccccc1N(CC(=O)N(Cc1cccc(C)c1)[C@@H](C)C(=O)NC(C)(C)C)S(=O)(=O)c1ccccc1. The molecule has 0 aromatic heterocycles. The molecule has 1 atom stereocenters. The molecule has 3 aromatic rings. The number of benzene rings is 3. The number of aryl methyl sites for hydroxylation is 2. The topological polar surface area (TPSA) is 86.8 Å². The highest BCUT2D eigenvalue weighted by Gasteiger charge is 2.34. The molecule has 39 heavy (non-hydrogen) atoms. The van der Waals surface area contributed by atoms with Crippen LogP contribution in [0.15, 0.2) is 83.8 Å². The van der Waals surface area contributed by atoms with Gasteiger partial charge in [-0.1, -0.05) is 73.2 Å². The molecule has 0 spiro atoms. The van der Waals surface area contributed by atoms with Crippen LogP contribution in [0, 0.1) is 6.92 Å². The molecule has 0 bridgehead atoms. The lowest BCUT2D eigenvalue weighted by Gasteiger charge is -2.34. The number of hydrogen-bond acceptors (Lipinski definition) is 4. The van der Waals surface area contributed by atoms with Crippen LogP contribution in [-0.4, -0.2) is 43.3 Å². The quantitative estimate of drug-likeness (QED) is 0.382. The second-order valence-electron chi connectivity index (χ2n) is 10.7. The van der Waals surface area contributed by atoms with Crippen LogP contribution >= 0.6 is 0 Å². The van der Waals surface area contributed by atoms with Gasteiger partial charge in [-0.25, -0.2) is 8.42 Å². The molecule has 208 valence electrons. The van der Waals surface area contributed by atoms with E-state index in [2.05, 4.69) is 5.32 Å². The third-order valence-corrected chi connectivity index (χ3v) is 8.13. The second-order valence-corrected chi connectivity index (χ2v) is 12.6. The molecule has 8 heteroatoms. The number of carbonyl (C=O) groups excluding carboxylic acids is 2. The third-order valence-electron chi connectivity index (χ3n) is 6.35. The summed E-state index contributed by atoms with van der Waals surface area (Å²) in [4.78, 5) is 28.8. The zero-order chi connectivity index (χ0) is 28.8. The molecule has 0 unspecified atom stereocenters. The van der Waals surface area contributed by atoms with Crippen LogP contribution in [0.5, 0.6) is 0 Å². The molecule has 3 aromatic carbocycles. The summed E-state index contributed by atoms with van der Waals surface area (Å²) in [5, 5.41) is 2.95. The van der Waals surface area contributed by atoms with E-state index in [1.807, 2.05) is 71.0 Å². The lowest BCUT2D eigenvalue weighted by molar-refractivity contribution is -0.140. The molecule has 0 fully saturated rings. The number of sulfonamides is 1. The molecule has 0 aliphatic heterocycles. The number of hydrogen-bond donors (Lipinski definition) is 1. The van der Waals surface area contributed by atoms with Gasteiger partial charge in [0, 0.05) is 12.1 Å². The van der Waals surface area contributed by atoms with E-state index in [0.717, 1.165) is 16.7 Å². The van der Waals surface area contributed by atoms with Gasteiger partial charge in [0.05, 0.1) is 10.6 Å². The summed E-state index contributed by atoms with van der Waals surface area (Å²) in [6.07, 6.45) is 0.586. The van der Waals surface area contributed by atoms with Crippen molar-refractivity contribution in [2.45, 2.75) is 71.0 Å². The van der Waals surface area contributed by atoms with Crippen LogP contribution in [0.4, 0.5) is 5.69 Å². The fraction of sp³-hybridized carbons (Fsp3) is 0.355. The van der Waals surface area contributed by atoms with E-state index in [1.165, 1.54) is 21.3 Å². The van der Waals surface area contributed by atoms with Gasteiger partial charge in [-0.2, -0.15) is 0 Å². The standard InChI is InChI=1S/C31H39N3O4S/c1-7-26-16-11-12-19-28(26)34(39(37,38)27-17-9-8-10-18-27)22-29(35)33(21-25-15-13-14-23(2)20-25)24(3)30(36)32-31(4,5)6/h8-20,24H,7,21-22H2,1-6H3,(H,32,36)/t24-/m0/s1. The van der Waals surface area contributed by atoms with Crippen LogP contribution < -0.4 is 9.62 Å². The molecular formula is C31H39N3O4S. The van der Waals surface area contributed by atoms with Crippen LogP contribution in [0.1, 0.15) is 51.3 Å². The minimum absolute atomic E-state index is 0.0902. The minimum Gasteiger partial charge on any atom is -0.350 e. The van der Waals surface area contributed by atoms with Crippen molar-refractivity contribution in [2.75, 3.05) is 10.8 Å². The lowest BCUT2D eigenvalue weighted by Crippen LogP contribution is -2.54. The third kappa shape index (κ3) is 7.69. The Morgan fingerprint density at radius 1 is 0.923 bits per heavy atom. The number of anilines is 1. The van der Waals surface area contributed by atoms with E-state index in [9.17, 15) is 18.0 Å². The zero-order valence-corrected chi connectivity index (χ0v) is 24.5. The van der Waals surface area contributed by atoms with E-state index in [4.69, 9.17) is 0 Å². The molecule has 2 amide bonds. The number of amides is 2. The highest BCUT2D eigenvalue weighted by molar-refractivity contribution is 7.92. The summed E-state index contributed by atoms with van der Waals surface area (Å²) >= 11 is 0. The Morgan fingerprint density at radius 3 is 2.18 bits per heavy atom. The Balaban J connectivity index is 2.07. The highest BCUT2D eigenvalue weighted by atomic mass is 32.2. The predicted molar refractivity (Wildman–Crippen MR) is 156 cm³/mol. The summed E-state index contributed by atoms with van der Waals surface area (Å²) in [6.45, 7) is 10.9. The summed E-state index contributed by atoms with van der Waals surface area (Å²) in [5.41, 5.74) is 2.63. The Labute approximate surface area is 232 Å². The van der Waals surface area contributed by atoms with Crippen molar-refractivity contribution in [1.82, 2.24) is 10.2 Å². The number of nitrogens with zero attached hydrogens (tertiary/aromatic N) is 2. The highest BCUT2D eigenvalue weighted by Crippen LogP contribution is 2.28. The van der Waals surface area contributed by atoms with Crippen molar-refractivity contribution in [1.29, 1.82) is 0 Å². The van der Waals surface area contributed by atoms with Crippen molar-refractivity contribution in [3.05, 3.63) is 95.6 Å². The second kappa shape index (κ2) is 12.5. The average Bonchev–Trinajstić information content (AvgIpc) is 2.89. The van der Waals surface area contributed by atoms with Crippen molar-refractivity contribution in [3.8, 4) is 0 Å². The molecule has 0 aliphatic carbocycles. The first-order chi connectivity index (χ1) is 18.3. The van der Waals surface area contributed by atoms with Crippen LogP contribution in [-0.2, 0) is 32.6 Å². The number of nitrogens with one attached hydrogen (secondary N) is 1. The first-order valence-corrected chi connectivity index (χ1v) is 14.6. The van der Waals surface area contributed by atoms with Gasteiger partial charge < -0.3 is 10.2 Å². The van der Waals surface area contributed by atoms with Gasteiger partial charge in [-0.3, -0.25) is 13.9 Å². The molecular weight excluding hydrogens is 510 g/mol. The van der Waals surface area contributed by atoms with Crippen LogP contribution in [0.25, 0.3) is 0 Å². The van der Waals surface area contributed by atoms with Crippen molar-refractivity contribution in [3.63, 3.8) is 0 Å². The fourth-order valence-electron chi connectivity index (χ4n) is 4.35. The zero-order valence-electron chi connectivity index (χ0n) is 23.6. The van der Waals surface area contributed by atoms with E-state index in [-0.39, 0.29) is 17.3 Å². The number of para-hydroxylation sites is 1. The molecule has 0 aliphatic rings. The Bertz CT molecular complexity index is 1400. The summed E-state index contributed by atoms with van der Waals surface area (Å²) < 4.78 is 29.0. The summed E-state index contributed by atoms with van der Waals surface area (Å²) in [5.74, 6) is -0.784. The van der Waals surface area contributed by atoms with Crippen LogP contribution in [0.3, 0.4) is 0 Å². The van der Waals surface area contributed by atoms with E-state index in [0.29, 0.717) is 12.1 Å². The van der Waals surface area contributed by atoms with E-state index >= 15 is 0 Å². The van der Waals surface area contributed by atoms with Gasteiger partial charge in [0.2, 0.25) is 11.8 Å². The largest absolute Gasteiger partial charge is 0.350 e. The minimum atomic E-state index is -4.08. The first-order valence-electron chi connectivity index (χ1n) is 13.2. The van der Waals surface area contributed by atoms with Gasteiger partial charge in [-0.05, 0) is 70.4 Å². The van der Waals surface area contributed by atoms with Crippen molar-refractivity contribution >= 4 is 27.5 Å². The van der Waals surface area contributed by atoms with Gasteiger partial charge in [0.25, 0.3) is 10.0 Å². The summed E-state index contributed by atoms with van der Waals surface area (Å²) in [7, 11) is -4.08. The normalized spacial score (nSPS) is 12.5. The van der Waals surface area contributed by atoms with Gasteiger partial charge >= 0.3 is 0 Å². The molecule has 0 saturated heterocycles. The smallest absolute Gasteiger partial charge is 0.264 e. The molecule has 7 nitrogen and oxygen atoms in total. The predicted octanol–water partition coefficient (Wildman–Crippen LogP) is 5.08. The first kappa shape index (κ1) is 29.9. The van der Waals surface area contributed by atoms with Crippen molar-refractivity contribution < 1.29 is 18.0 Å². The van der Waals surface area contributed by atoms with Gasteiger partial charge in [-0.15, -0.1) is 0 Å². The monoisotopic (exact) mass is 549 g/mol. The Kier molecular flexibility index (Phi) is 9.56. The molecule has 3 rings (SSSR count). The van der Waals surface area contributed by atoms with Gasteiger partial charge in [0.15, 0.2) is 0 Å². The Morgan fingerprint density at radius 2 is 1.56 bits per heavy atom. The number of carbonyl (C=O) groups is 2. The molecule has 0 saturated carbocycles. The maximum atomic E-state index is 14.0. The lowest BCUT2D eigenvalue weighted by atomic mass is 10.1. The van der Waals surface area contributed by atoms with Gasteiger partial charge in [0.1, 0.15) is 12.6 Å².